The molecule has 0 saturated carbocycles. The summed E-state index contributed by atoms with van der Waals surface area (Å²) >= 11 is 0. The molecular weight excluding hydrogens is 256 g/mol. The Hall–Kier alpha value is -1.84. The highest BCUT2D eigenvalue weighted by Crippen LogP contribution is 2.12. The second kappa shape index (κ2) is 15.2. The molecule has 0 bridgehead atoms. The molecule has 0 rings (SSSR count). The maximum atomic E-state index is 10.8. The Balaban J connectivity index is 0. The van der Waals surface area contributed by atoms with Crippen molar-refractivity contribution in [3.05, 3.63) is 38.2 Å². The maximum absolute atomic E-state index is 10.8. The van der Waals surface area contributed by atoms with Gasteiger partial charge >= 0.3 is 11.9 Å². The Labute approximate surface area is 122 Å². The van der Waals surface area contributed by atoms with Crippen LogP contribution in [0.2, 0.25) is 0 Å². The molecule has 4 nitrogen and oxygen atoms in total. The number of carbonyl (C=O) groups excluding carboxylic acids is 2. The molecule has 0 amide bonds. The van der Waals surface area contributed by atoms with Gasteiger partial charge in [0.2, 0.25) is 0 Å². The van der Waals surface area contributed by atoms with Crippen molar-refractivity contribution in [3.8, 4) is 0 Å². The molecule has 0 aliphatic carbocycles. The zero-order valence-electron chi connectivity index (χ0n) is 12.6. The van der Waals surface area contributed by atoms with E-state index in [1.807, 2.05) is 0 Å². The molecule has 1 unspecified atom stereocenters. The Morgan fingerprint density at radius 2 is 1.70 bits per heavy atom. The van der Waals surface area contributed by atoms with Gasteiger partial charge in [-0.3, -0.25) is 0 Å². The van der Waals surface area contributed by atoms with Crippen LogP contribution in [0.3, 0.4) is 0 Å². The van der Waals surface area contributed by atoms with E-state index >= 15 is 0 Å². The molecule has 0 aromatic carbocycles. The van der Waals surface area contributed by atoms with E-state index in [1.54, 1.807) is 0 Å². The van der Waals surface area contributed by atoms with E-state index in [0.717, 1.165) is 25.2 Å². The first-order valence-electron chi connectivity index (χ1n) is 6.78. The van der Waals surface area contributed by atoms with Crippen molar-refractivity contribution in [3.63, 3.8) is 0 Å². The molecule has 0 aromatic heterocycles. The van der Waals surface area contributed by atoms with Gasteiger partial charge in [0.25, 0.3) is 0 Å². The van der Waals surface area contributed by atoms with Crippen molar-refractivity contribution in [2.75, 3.05) is 6.61 Å². The first kappa shape index (κ1) is 20.5. The highest BCUT2D eigenvalue weighted by molar-refractivity contribution is 5.81. The Morgan fingerprint density at radius 1 is 1.10 bits per heavy atom. The van der Waals surface area contributed by atoms with Gasteiger partial charge in [-0.2, -0.15) is 0 Å². The number of rotatable bonds is 9. The molecule has 0 saturated heterocycles. The Bertz CT molecular complexity index is 308. The van der Waals surface area contributed by atoms with E-state index in [0.29, 0.717) is 12.5 Å². The minimum atomic E-state index is -0.477. The fourth-order valence-corrected chi connectivity index (χ4v) is 1.29. The second-order valence-corrected chi connectivity index (χ2v) is 4.06. The van der Waals surface area contributed by atoms with E-state index in [4.69, 9.17) is 4.74 Å². The molecule has 20 heavy (non-hydrogen) atoms. The predicted molar refractivity (Wildman–Crippen MR) is 80.9 cm³/mol. The average molecular weight is 282 g/mol. The summed E-state index contributed by atoms with van der Waals surface area (Å²) in [7, 11) is 0. The molecule has 0 aliphatic rings. The van der Waals surface area contributed by atoms with Crippen molar-refractivity contribution >= 4 is 11.9 Å². The van der Waals surface area contributed by atoms with Crippen molar-refractivity contribution in [1.29, 1.82) is 0 Å². The highest BCUT2D eigenvalue weighted by atomic mass is 16.5. The van der Waals surface area contributed by atoms with Crippen LogP contribution in [0.5, 0.6) is 0 Å². The quantitative estimate of drug-likeness (QED) is 0.367. The van der Waals surface area contributed by atoms with E-state index in [-0.39, 0.29) is 5.97 Å². The van der Waals surface area contributed by atoms with E-state index in [2.05, 4.69) is 38.3 Å². The maximum Gasteiger partial charge on any atom is 0.334 e. The van der Waals surface area contributed by atoms with E-state index in [1.165, 1.54) is 18.9 Å². The number of carbonyl (C=O) groups is 2. The number of hydrogen-bond acceptors (Lipinski definition) is 4. The molecular formula is C16H26O4. The lowest BCUT2D eigenvalue weighted by atomic mass is 10.0. The molecule has 0 heterocycles. The standard InChI is InChI=1S/C11H20O2.C5H6O2/c1-4-7-8-10(5-2)9-13-11(12)6-3;1-3-5(6)7-4-2/h6,10H,3-5,7-9H2,1-2H3;3-4H,1-2H2. The molecule has 0 aliphatic heterocycles. The highest BCUT2D eigenvalue weighted by Gasteiger charge is 2.07. The van der Waals surface area contributed by atoms with Gasteiger partial charge in [-0.1, -0.05) is 52.8 Å². The van der Waals surface area contributed by atoms with Crippen molar-refractivity contribution < 1.29 is 19.1 Å². The molecule has 0 fully saturated rings. The zero-order valence-corrected chi connectivity index (χ0v) is 12.6. The van der Waals surface area contributed by atoms with E-state index < -0.39 is 5.97 Å². The molecule has 1 atom stereocenters. The van der Waals surface area contributed by atoms with Crippen LogP contribution in [0.25, 0.3) is 0 Å². The lowest BCUT2D eigenvalue weighted by molar-refractivity contribution is -0.139. The van der Waals surface area contributed by atoms with Gasteiger partial charge in [-0.05, 0) is 12.3 Å². The summed E-state index contributed by atoms with van der Waals surface area (Å²) in [6, 6.07) is 0. The smallest absolute Gasteiger partial charge is 0.334 e. The molecule has 114 valence electrons. The summed E-state index contributed by atoms with van der Waals surface area (Å²) in [6.07, 6.45) is 7.98. The van der Waals surface area contributed by atoms with E-state index in [9.17, 15) is 9.59 Å². The third-order valence-electron chi connectivity index (χ3n) is 2.54. The monoisotopic (exact) mass is 282 g/mol. The van der Waals surface area contributed by atoms with Crippen LogP contribution in [-0.4, -0.2) is 18.5 Å². The third kappa shape index (κ3) is 14.2. The molecule has 0 aromatic rings. The van der Waals surface area contributed by atoms with Gasteiger partial charge in [-0.25, -0.2) is 9.59 Å². The van der Waals surface area contributed by atoms with Gasteiger partial charge < -0.3 is 9.47 Å². The number of ether oxygens (including phenoxy) is 2. The fourth-order valence-electron chi connectivity index (χ4n) is 1.29. The van der Waals surface area contributed by atoms with Crippen LogP contribution in [0.15, 0.2) is 38.2 Å². The third-order valence-corrected chi connectivity index (χ3v) is 2.54. The largest absolute Gasteiger partial charge is 0.462 e. The lowest BCUT2D eigenvalue weighted by Gasteiger charge is -2.13. The van der Waals surface area contributed by atoms with Crippen LogP contribution < -0.4 is 0 Å². The summed E-state index contributed by atoms with van der Waals surface area (Å²) < 4.78 is 9.18. The number of unbranched alkanes of at least 4 members (excludes halogenated alkanes) is 1. The van der Waals surface area contributed by atoms with Crippen LogP contribution in [0, 0.1) is 5.92 Å². The van der Waals surface area contributed by atoms with Crippen LogP contribution in [0.1, 0.15) is 39.5 Å². The summed E-state index contributed by atoms with van der Waals surface area (Å²) in [6.45, 7) is 14.5. The van der Waals surface area contributed by atoms with Crippen molar-refractivity contribution in [2.45, 2.75) is 39.5 Å². The summed E-state index contributed by atoms with van der Waals surface area (Å²) in [5, 5.41) is 0. The zero-order chi connectivity index (χ0) is 15.8. The van der Waals surface area contributed by atoms with Gasteiger partial charge in [0.05, 0.1) is 12.9 Å². The SMILES string of the molecule is C=CC(=O)OCC(CC)CCCC.C=COC(=O)C=C. The summed E-state index contributed by atoms with van der Waals surface area (Å²) in [5.41, 5.74) is 0. The first-order chi connectivity index (χ1) is 9.55. The van der Waals surface area contributed by atoms with Gasteiger partial charge in [0.15, 0.2) is 0 Å². The molecule has 4 heteroatoms. The number of hydrogen-bond donors (Lipinski definition) is 0. The fraction of sp³-hybridized carbons (Fsp3) is 0.500. The minimum absolute atomic E-state index is 0.310. The first-order valence-corrected chi connectivity index (χ1v) is 6.78. The van der Waals surface area contributed by atoms with Gasteiger partial charge in [-0.15, -0.1) is 0 Å². The number of esters is 2. The normalized spacial score (nSPS) is 10.3. The van der Waals surface area contributed by atoms with Crippen LogP contribution >= 0.6 is 0 Å². The second-order valence-electron chi connectivity index (χ2n) is 4.06. The van der Waals surface area contributed by atoms with Gasteiger partial charge in [0.1, 0.15) is 0 Å². The van der Waals surface area contributed by atoms with Crippen molar-refractivity contribution in [2.24, 2.45) is 5.92 Å². The topological polar surface area (TPSA) is 52.6 Å². The average Bonchev–Trinajstić information content (AvgIpc) is 2.47. The summed E-state index contributed by atoms with van der Waals surface area (Å²) in [4.78, 5) is 20.8. The van der Waals surface area contributed by atoms with Crippen LogP contribution in [-0.2, 0) is 19.1 Å². The molecule has 0 radical (unpaired) electrons. The Morgan fingerprint density at radius 3 is 2.05 bits per heavy atom. The Kier molecular flexibility index (Phi) is 15.6. The van der Waals surface area contributed by atoms with Crippen LogP contribution in [0.4, 0.5) is 0 Å². The van der Waals surface area contributed by atoms with Gasteiger partial charge in [0, 0.05) is 12.2 Å². The van der Waals surface area contributed by atoms with Crippen molar-refractivity contribution in [1.82, 2.24) is 0 Å². The summed E-state index contributed by atoms with van der Waals surface area (Å²) in [5.74, 6) is -0.270. The molecule has 0 spiro atoms. The molecule has 0 N–H and O–H groups in total. The minimum Gasteiger partial charge on any atom is -0.462 e. The predicted octanol–water partition coefficient (Wildman–Crippen LogP) is 3.79. The lowest BCUT2D eigenvalue weighted by Crippen LogP contribution is -2.12.